The maximum atomic E-state index is 14.4. The first-order chi connectivity index (χ1) is 11.5. The Kier molecular flexibility index (Phi) is 4.69. The van der Waals surface area contributed by atoms with Crippen molar-refractivity contribution in [1.29, 1.82) is 0 Å². The fourth-order valence-corrected chi connectivity index (χ4v) is 3.73. The van der Waals surface area contributed by atoms with E-state index in [-0.39, 0.29) is 28.4 Å². The van der Waals surface area contributed by atoms with Gasteiger partial charge in [0.05, 0.1) is 10.0 Å². The zero-order chi connectivity index (χ0) is 17.3. The van der Waals surface area contributed by atoms with Crippen LogP contribution in [0.2, 0.25) is 4.34 Å². The minimum absolute atomic E-state index is 0.00694. The smallest absolute Gasteiger partial charge is 0.332 e. The Balaban J connectivity index is 1.82. The van der Waals surface area contributed by atoms with Gasteiger partial charge in [-0.3, -0.25) is 4.79 Å². The number of nitrogens with zero attached hydrogens (tertiary/aromatic N) is 1. The van der Waals surface area contributed by atoms with Gasteiger partial charge >= 0.3 is 5.97 Å². The van der Waals surface area contributed by atoms with E-state index in [0.717, 1.165) is 10.4 Å². The Bertz CT molecular complexity index is 829. The van der Waals surface area contributed by atoms with E-state index in [0.29, 0.717) is 17.2 Å². The van der Waals surface area contributed by atoms with Gasteiger partial charge in [0.15, 0.2) is 0 Å². The highest BCUT2D eigenvalue weighted by Crippen LogP contribution is 2.33. The average molecular weight is 366 g/mol. The molecule has 1 aliphatic carbocycles. The molecule has 0 radical (unpaired) electrons. The van der Waals surface area contributed by atoms with E-state index in [4.69, 9.17) is 16.7 Å². The SMILES string of the molecule is O=C(O)C1=C(C(=O)N(F)c2ccc(-c3ccc(Cl)s3)cc2)CCC1. The van der Waals surface area contributed by atoms with Crippen molar-refractivity contribution < 1.29 is 19.2 Å². The van der Waals surface area contributed by atoms with Gasteiger partial charge in [-0.05, 0) is 49.1 Å². The predicted molar refractivity (Wildman–Crippen MR) is 91.9 cm³/mol. The molecule has 2 aromatic rings. The molecule has 0 saturated heterocycles. The molecule has 1 aliphatic rings. The topological polar surface area (TPSA) is 57.6 Å². The summed E-state index contributed by atoms with van der Waals surface area (Å²) in [5.74, 6) is -2.06. The number of aliphatic carboxylic acids is 1. The molecule has 4 nitrogen and oxygen atoms in total. The molecule has 0 unspecified atom stereocenters. The van der Waals surface area contributed by atoms with Gasteiger partial charge in [0.1, 0.15) is 0 Å². The van der Waals surface area contributed by atoms with Crippen molar-refractivity contribution in [3.8, 4) is 10.4 Å². The van der Waals surface area contributed by atoms with Crippen LogP contribution < -0.4 is 5.12 Å². The number of halogens is 2. The number of anilines is 1. The predicted octanol–water partition coefficient (Wildman–Crippen LogP) is 4.85. The van der Waals surface area contributed by atoms with Crippen molar-refractivity contribution in [1.82, 2.24) is 0 Å². The third kappa shape index (κ3) is 3.20. The Morgan fingerprint density at radius 3 is 2.33 bits per heavy atom. The van der Waals surface area contributed by atoms with Gasteiger partial charge in [-0.25, -0.2) is 4.79 Å². The third-order valence-electron chi connectivity index (χ3n) is 3.86. The average Bonchev–Trinajstić information content (AvgIpc) is 3.22. The number of benzene rings is 1. The molecule has 3 rings (SSSR count). The van der Waals surface area contributed by atoms with Crippen molar-refractivity contribution in [3.05, 3.63) is 51.9 Å². The molecule has 1 N–H and O–H groups in total. The van der Waals surface area contributed by atoms with Gasteiger partial charge in [-0.1, -0.05) is 28.2 Å². The molecule has 0 atom stereocenters. The molecule has 0 bridgehead atoms. The van der Waals surface area contributed by atoms with E-state index in [1.807, 2.05) is 6.07 Å². The number of carboxylic acid groups (broad SMARTS) is 1. The molecule has 1 amide bonds. The Morgan fingerprint density at radius 1 is 1.08 bits per heavy atom. The van der Waals surface area contributed by atoms with Gasteiger partial charge in [-0.2, -0.15) is 0 Å². The minimum Gasteiger partial charge on any atom is -0.478 e. The monoisotopic (exact) mass is 365 g/mol. The summed E-state index contributed by atoms with van der Waals surface area (Å²) < 4.78 is 15.1. The quantitative estimate of drug-likeness (QED) is 0.788. The maximum absolute atomic E-state index is 14.4. The van der Waals surface area contributed by atoms with Gasteiger partial charge in [0, 0.05) is 16.0 Å². The number of carbonyl (C=O) groups is 2. The summed E-state index contributed by atoms with van der Waals surface area (Å²) in [5.41, 5.74) is 0.977. The lowest BCUT2D eigenvalue weighted by Gasteiger charge is -2.13. The fraction of sp³-hybridized carbons (Fsp3) is 0.176. The van der Waals surface area contributed by atoms with Crippen LogP contribution in [0.5, 0.6) is 0 Å². The van der Waals surface area contributed by atoms with E-state index in [1.54, 1.807) is 18.2 Å². The van der Waals surface area contributed by atoms with Crippen LogP contribution in [-0.2, 0) is 9.59 Å². The lowest BCUT2D eigenvalue weighted by Crippen LogP contribution is -2.24. The van der Waals surface area contributed by atoms with E-state index in [2.05, 4.69) is 0 Å². The largest absolute Gasteiger partial charge is 0.478 e. The van der Waals surface area contributed by atoms with Crippen molar-refractivity contribution in [2.75, 3.05) is 5.12 Å². The van der Waals surface area contributed by atoms with Crippen LogP contribution in [0.25, 0.3) is 10.4 Å². The Labute approximate surface area is 146 Å². The first kappa shape index (κ1) is 16.7. The zero-order valence-electron chi connectivity index (χ0n) is 12.5. The molecule has 24 heavy (non-hydrogen) atoms. The molecule has 1 aromatic carbocycles. The lowest BCUT2D eigenvalue weighted by atomic mass is 10.1. The van der Waals surface area contributed by atoms with E-state index >= 15 is 0 Å². The van der Waals surface area contributed by atoms with Crippen LogP contribution in [0.3, 0.4) is 0 Å². The van der Waals surface area contributed by atoms with Crippen molar-refractivity contribution in [2.24, 2.45) is 0 Å². The Hall–Kier alpha value is -2.18. The summed E-state index contributed by atoms with van der Waals surface area (Å²) in [7, 11) is 0. The molecule has 0 saturated carbocycles. The summed E-state index contributed by atoms with van der Waals surface area (Å²) in [6.45, 7) is 0. The zero-order valence-corrected chi connectivity index (χ0v) is 14.0. The van der Waals surface area contributed by atoms with Crippen LogP contribution in [0.1, 0.15) is 19.3 Å². The fourth-order valence-electron chi connectivity index (χ4n) is 2.68. The lowest BCUT2D eigenvalue weighted by molar-refractivity contribution is -0.133. The molecule has 124 valence electrons. The highest BCUT2D eigenvalue weighted by Gasteiger charge is 2.29. The number of carbonyl (C=O) groups excluding carboxylic acids is 1. The number of carboxylic acids is 1. The van der Waals surface area contributed by atoms with Crippen molar-refractivity contribution >= 4 is 40.5 Å². The number of thiophene rings is 1. The van der Waals surface area contributed by atoms with Crippen LogP contribution >= 0.6 is 22.9 Å². The van der Waals surface area contributed by atoms with Gasteiger partial charge in [0.25, 0.3) is 5.91 Å². The number of rotatable bonds is 4. The van der Waals surface area contributed by atoms with Crippen LogP contribution in [0.15, 0.2) is 47.5 Å². The molecule has 0 spiro atoms. The normalized spacial score (nSPS) is 14.1. The van der Waals surface area contributed by atoms with Crippen molar-refractivity contribution in [2.45, 2.75) is 19.3 Å². The molecule has 1 aromatic heterocycles. The second kappa shape index (κ2) is 6.75. The summed E-state index contributed by atoms with van der Waals surface area (Å²) >= 11 is 7.30. The van der Waals surface area contributed by atoms with Crippen LogP contribution in [-0.4, -0.2) is 17.0 Å². The molecular formula is C17H13ClFNO3S. The Morgan fingerprint density at radius 2 is 1.75 bits per heavy atom. The van der Waals surface area contributed by atoms with Crippen molar-refractivity contribution in [3.63, 3.8) is 0 Å². The molecule has 0 fully saturated rings. The first-order valence-corrected chi connectivity index (χ1v) is 8.48. The van der Waals surface area contributed by atoms with Gasteiger partial charge < -0.3 is 5.11 Å². The molecule has 7 heteroatoms. The first-order valence-electron chi connectivity index (χ1n) is 7.28. The molecular weight excluding hydrogens is 353 g/mol. The molecule has 1 heterocycles. The second-order valence-electron chi connectivity index (χ2n) is 5.35. The van der Waals surface area contributed by atoms with E-state index < -0.39 is 11.9 Å². The van der Waals surface area contributed by atoms with E-state index in [9.17, 15) is 14.1 Å². The van der Waals surface area contributed by atoms with E-state index in [1.165, 1.54) is 23.5 Å². The van der Waals surface area contributed by atoms with Crippen LogP contribution in [0.4, 0.5) is 10.2 Å². The standard InChI is InChI=1S/C17H13ClFNO3S/c18-15-9-8-14(24-15)10-4-6-11(7-5-10)20(19)16(21)12-2-1-3-13(12)17(22)23/h4-9H,1-3H2,(H,22,23). The second-order valence-corrected chi connectivity index (χ2v) is 7.07. The highest BCUT2D eigenvalue weighted by atomic mass is 35.5. The number of hydrogen-bond donors (Lipinski definition) is 1. The van der Waals surface area contributed by atoms with Crippen LogP contribution in [0, 0.1) is 0 Å². The summed E-state index contributed by atoms with van der Waals surface area (Å²) in [5, 5.41) is 9.10. The summed E-state index contributed by atoms with van der Waals surface area (Å²) in [4.78, 5) is 24.3. The summed E-state index contributed by atoms with van der Waals surface area (Å²) in [6, 6.07) is 9.99. The number of amides is 1. The summed E-state index contributed by atoms with van der Waals surface area (Å²) in [6.07, 6.45) is 1.13. The molecule has 0 aliphatic heterocycles. The third-order valence-corrected chi connectivity index (χ3v) is 5.14. The number of hydrogen-bond acceptors (Lipinski definition) is 3. The maximum Gasteiger partial charge on any atom is 0.332 e. The van der Waals surface area contributed by atoms with Gasteiger partial charge in [-0.15, -0.1) is 16.5 Å². The van der Waals surface area contributed by atoms with Gasteiger partial charge in [0.2, 0.25) is 0 Å². The minimum atomic E-state index is -1.16. The highest BCUT2D eigenvalue weighted by molar-refractivity contribution is 7.19.